The molecule has 0 unspecified atom stereocenters. The third-order valence-corrected chi connectivity index (χ3v) is 3.25. The van der Waals surface area contributed by atoms with Gasteiger partial charge in [-0.2, -0.15) is 0 Å². The first-order valence-electron chi connectivity index (χ1n) is 8.11. The Labute approximate surface area is 150 Å². The molecule has 26 heavy (non-hydrogen) atoms. The molecule has 0 aromatic carbocycles. The van der Waals surface area contributed by atoms with Crippen LogP contribution in [-0.4, -0.2) is 67.1 Å². The molecule has 1 N–H and O–H groups in total. The normalized spacial score (nSPS) is 21.7. The van der Waals surface area contributed by atoms with Crippen LogP contribution in [0.15, 0.2) is 11.3 Å². The first kappa shape index (κ1) is 21.4. The van der Waals surface area contributed by atoms with Gasteiger partial charge in [0.25, 0.3) is 0 Å². The second-order valence-corrected chi connectivity index (χ2v) is 4.88. The Morgan fingerprint density at radius 2 is 1.38 bits per heavy atom. The molecule has 10 heteroatoms. The molecule has 10 nitrogen and oxygen atoms in total. The van der Waals surface area contributed by atoms with E-state index in [9.17, 15) is 24.3 Å². The van der Waals surface area contributed by atoms with Crippen LogP contribution >= 0.6 is 0 Å². The third kappa shape index (κ3) is 3.96. The van der Waals surface area contributed by atoms with Gasteiger partial charge >= 0.3 is 23.9 Å². The molecule has 0 bridgehead atoms. The molecule has 1 aliphatic rings. The number of carbonyl (C=O) groups excluding carboxylic acids is 4. The molecule has 146 valence electrons. The zero-order chi connectivity index (χ0) is 19.9. The molecule has 2 atom stereocenters. The van der Waals surface area contributed by atoms with Crippen LogP contribution < -0.4 is 0 Å². The van der Waals surface area contributed by atoms with Crippen LogP contribution in [0.4, 0.5) is 0 Å². The minimum Gasteiger partial charge on any atom is -0.466 e. The number of rotatable bonds is 8. The Kier molecular flexibility index (Phi) is 7.56. The van der Waals surface area contributed by atoms with Gasteiger partial charge in [-0.05, 0) is 27.7 Å². The molecule has 0 aromatic heterocycles. The minimum absolute atomic E-state index is 0.0797. The van der Waals surface area contributed by atoms with Gasteiger partial charge in [-0.1, -0.05) is 0 Å². The zero-order valence-corrected chi connectivity index (χ0v) is 15.0. The van der Waals surface area contributed by atoms with E-state index in [0.29, 0.717) is 0 Å². The highest BCUT2D eigenvalue weighted by atomic mass is 16.6. The van der Waals surface area contributed by atoms with E-state index in [2.05, 4.69) is 0 Å². The highest BCUT2D eigenvalue weighted by Crippen LogP contribution is 2.38. The molecule has 0 aliphatic carbocycles. The summed E-state index contributed by atoms with van der Waals surface area (Å²) >= 11 is 0. The predicted molar refractivity (Wildman–Crippen MR) is 83.4 cm³/mol. The maximum Gasteiger partial charge on any atom is 0.374 e. The minimum atomic E-state index is -2.92. The van der Waals surface area contributed by atoms with E-state index in [1.54, 1.807) is 0 Å². The smallest absolute Gasteiger partial charge is 0.374 e. The van der Waals surface area contributed by atoms with Crippen LogP contribution in [0.1, 0.15) is 27.7 Å². The van der Waals surface area contributed by atoms with E-state index in [-0.39, 0.29) is 26.4 Å². The van der Waals surface area contributed by atoms with E-state index >= 15 is 0 Å². The highest BCUT2D eigenvalue weighted by molar-refractivity contribution is 6.10. The Morgan fingerprint density at radius 1 is 0.885 bits per heavy atom. The maximum atomic E-state index is 12.4. The molecule has 1 aliphatic heterocycles. The van der Waals surface area contributed by atoms with E-state index in [0.717, 1.165) is 0 Å². The van der Waals surface area contributed by atoms with Crippen molar-refractivity contribution in [2.75, 3.05) is 26.4 Å². The summed E-state index contributed by atoms with van der Waals surface area (Å²) in [6.07, 6.45) is -2.03. The van der Waals surface area contributed by atoms with E-state index in [4.69, 9.17) is 23.7 Å². The molecular weight excluding hydrogens is 352 g/mol. The Hall–Kier alpha value is -2.62. The van der Waals surface area contributed by atoms with E-state index in [1.807, 2.05) is 0 Å². The number of aliphatic hydroxyl groups is 1. The summed E-state index contributed by atoms with van der Waals surface area (Å²) in [6, 6.07) is 0. The van der Waals surface area contributed by atoms with Gasteiger partial charge in [-0.25, -0.2) is 19.2 Å². The summed E-state index contributed by atoms with van der Waals surface area (Å²) < 4.78 is 24.2. The molecule has 0 radical (unpaired) electrons. The van der Waals surface area contributed by atoms with Crippen molar-refractivity contribution in [1.29, 1.82) is 0 Å². The molecule has 1 heterocycles. The third-order valence-electron chi connectivity index (χ3n) is 3.25. The standard InChI is InChI=1S/C16H22O10/c1-5-22-12(17)9-10(13(18)23-6-2)26-11(14(19)24-7-3)16(9,21)15(20)25-8-4/h11,21H,5-8H2,1-4H3/t11-,16-/m1/s1. The van der Waals surface area contributed by atoms with Gasteiger partial charge in [-0.3, -0.25) is 0 Å². The van der Waals surface area contributed by atoms with Gasteiger partial charge < -0.3 is 28.8 Å². The molecule has 0 saturated heterocycles. The van der Waals surface area contributed by atoms with Crippen LogP contribution in [-0.2, 0) is 42.9 Å². The van der Waals surface area contributed by atoms with Gasteiger partial charge in [-0.15, -0.1) is 0 Å². The van der Waals surface area contributed by atoms with Crippen molar-refractivity contribution in [2.45, 2.75) is 39.4 Å². The average molecular weight is 374 g/mol. The van der Waals surface area contributed by atoms with Crippen LogP contribution in [0, 0.1) is 0 Å². The van der Waals surface area contributed by atoms with Crippen molar-refractivity contribution in [2.24, 2.45) is 0 Å². The van der Waals surface area contributed by atoms with Crippen molar-refractivity contribution >= 4 is 23.9 Å². The van der Waals surface area contributed by atoms with Gasteiger partial charge in [0.05, 0.1) is 26.4 Å². The fourth-order valence-electron chi connectivity index (χ4n) is 2.25. The van der Waals surface area contributed by atoms with E-state index in [1.165, 1.54) is 27.7 Å². The topological polar surface area (TPSA) is 135 Å². The molecule has 0 aromatic rings. The molecule has 0 fully saturated rings. The highest BCUT2D eigenvalue weighted by Gasteiger charge is 2.64. The van der Waals surface area contributed by atoms with Gasteiger partial charge in [0.1, 0.15) is 5.57 Å². The molecule has 0 amide bonds. The first-order valence-corrected chi connectivity index (χ1v) is 8.11. The van der Waals surface area contributed by atoms with Gasteiger partial charge in [0, 0.05) is 0 Å². The van der Waals surface area contributed by atoms with Crippen LogP contribution in [0.3, 0.4) is 0 Å². The lowest BCUT2D eigenvalue weighted by molar-refractivity contribution is -0.182. The molecule has 0 spiro atoms. The fraction of sp³-hybridized carbons (Fsp3) is 0.625. The number of hydrogen-bond donors (Lipinski definition) is 1. The van der Waals surface area contributed by atoms with Crippen molar-refractivity contribution in [3.63, 3.8) is 0 Å². The second kappa shape index (κ2) is 9.18. The van der Waals surface area contributed by atoms with Gasteiger partial charge in [0.15, 0.2) is 0 Å². The second-order valence-electron chi connectivity index (χ2n) is 4.88. The number of hydrogen-bond acceptors (Lipinski definition) is 10. The average Bonchev–Trinajstić information content (AvgIpc) is 2.90. The lowest BCUT2D eigenvalue weighted by Gasteiger charge is -2.26. The summed E-state index contributed by atoms with van der Waals surface area (Å²) in [5.74, 6) is -5.70. The van der Waals surface area contributed by atoms with Crippen LogP contribution in [0.5, 0.6) is 0 Å². The van der Waals surface area contributed by atoms with Crippen molar-refractivity contribution in [3.05, 3.63) is 11.3 Å². The first-order chi connectivity index (χ1) is 12.3. The van der Waals surface area contributed by atoms with Crippen molar-refractivity contribution in [3.8, 4) is 0 Å². The number of ether oxygens (including phenoxy) is 5. The summed E-state index contributed by atoms with van der Waals surface area (Å²) in [6.45, 7) is 5.45. The van der Waals surface area contributed by atoms with Crippen LogP contribution in [0.2, 0.25) is 0 Å². The summed E-state index contributed by atoms with van der Waals surface area (Å²) in [5, 5.41) is 10.9. The van der Waals surface area contributed by atoms with Crippen molar-refractivity contribution < 1.29 is 48.0 Å². The quantitative estimate of drug-likeness (QED) is 0.442. The number of esters is 4. The Balaban J connectivity index is 3.55. The lowest BCUT2D eigenvalue weighted by Crippen LogP contribution is -2.55. The van der Waals surface area contributed by atoms with Crippen LogP contribution in [0.25, 0.3) is 0 Å². The Morgan fingerprint density at radius 3 is 1.88 bits per heavy atom. The summed E-state index contributed by atoms with van der Waals surface area (Å²) in [5.41, 5.74) is -3.79. The number of carbonyl (C=O) groups is 4. The molecule has 1 rings (SSSR count). The van der Waals surface area contributed by atoms with E-state index < -0.39 is 46.9 Å². The summed E-state index contributed by atoms with van der Waals surface area (Å²) in [7, 11) is 0. The molecular formula is C16H22O10. The predicted octanol–water partition coefficient (Wildman–Crippen LogP) is -0.377. The fourth-order valence-corrected chi connectivity index (χ4v) is 2.25. The monoisotopic (exact) mass is 374 g/mol. The molecule has 0 saturated carbocycles. The van der Waals surface area contributed by atoms with Crippen molar-refractivity contribution in [1.82, 2.24) is 0 Å². The SMILES string of the molecule is CCOC(=O)C1=C(C(=O)OCC)[C@](O)(C(=O)OCC)[C@@H](C(=O)OCC)O1. The summed E-state index contributed by atoms with van der Waals surface area (Å²) in [4.78, 5) is 49.0. The largest absolute Gasteiger partial charge is 0.466 e. The lowest BCUT2D eigenvalue weighted by atomic mass is 9.88. The maximum absolute atomic E-state index is 12.4. The van der Waals surface area contributed by atoms with Gasteiger partial charge in [0.2, 0.25) is 17.5 Å². The zero-order valence-electron chi connectivity index (χ0n) is 15.0. The Bertz CT molecular complexity index is 608.